The van der Waals surface area contributed by atoms with Crippen LogP contribution in [0, 0.1) is 0 Å². The van der Waals surface area contributed by atoms with E-state index in [1.165, 1.54) is 38.5 Å². The van der Waals surface area contributed by atoms with Crippen molar-refractivity contribution in [2.24, 2.45) is 0 Å². The minimum atomic E-state index is -3.56. The van der Waals surface area contributed by atoms with Crippen molar-refractivity contribution in [3.8, 4) is 0 Å². The summed E-state index contributed by atoms with van der Waals surface area (Å²) in [6.45, 7) is 2.21. The van der Waals surface area contributed by atoms with Gasteiger partial charge in [-0.1, -0.05) is 0 Å². The fraction of sp³-hybridized carbons (Fsp3) is 1.00. The number of rotatable bonds is 10. The monoisotopic (exact) mass is 342 g/mol. The Balaban J connectivity index is 3.06. The van der Waals surface area contributed by atoms with Crippen molar-refractivity contribution >= 4 is 27.1 Å². The summed E-state index contributed by atoms with van der Waals surface area (Å²) in [7, 11) is -3.56. The van der Waals surface area contributed by atoms with Crippen LogP contribution in [0.2, 0.25) is 4.44 Å². The molecule has 0 aliphatic rings. The summed E-state index contributed by atoms with van der Waals surface area (Å²) in [5, 5.41) is 0. The molecule has 0 aromatic carbocycles. The van der Waals surface area contributed by atoms with Gasteiger partial charge in [-0.3, -0.25) is 0 Å². The van der Waals surface area contributed by atoms with Crippen LogP contribution in [0.25, 0.3) is 0 Å². The summed E-state index contributed by atoms with van der Waals surface area (Å²) in [6.07, 6.45) is 9.86. The normalized spacial score (nSPS) is 11.9. The zero-order valence-corrected chi connectivity index (χ0v) is 13.2. The van der Waals surface area contributed by atoms with Gasteiger partial charge in [-0.05, 0) is 0 Å². The van der Waals surface area contributed by atoms with E-state index in [2.05, 4.69) is 6.92 Å². The van der Waals surface area contributed by atoms with Gasteiger partial charge in [-0.15, -0.1) is 0 Å². The quantitative estimate of drug-likeness (QED) is 0.378. The average Bonchev–Trinajstić information content (AvgIpc) is 2.14. The van der Waals surface area contributed by atoms with Gasteiger partial charge in [0, 0.05) is 0 Å². The first-order valence-electron chi connectivity index (χ1n) is 5.78. The van der Waals surface area contributed by atoms with E-state index < -0.39 is 27.1 Å². The molecular weight excluding hydrogens is 319 g/mol. The van der Waals surface area contributed by atoms with Crippen LogP contribution in [0.1, 0.15) is 58.3 Å². The van der Waals surface area contributed by atoms with Crippen molar-refractivity contribution in [2.45, 2.75) is 62.7 Å². The van der Waals surface area contributed by atoms with Gasteiger partial charge >= 0.3 is 103 Å². The molecule has 0 amide bonds. The first-order chi connectivity index (χ1) is 7.06. The third-order valence-electron chi connectivity index (χ3n) is 2.31. The van der Waals surface area contributed by atoms with E-state index in [0.717, 1.165) is 17.3 Å². The van der Waals surface area contributed by atoms with Gasteiger partial charge in [0.2, 0.25) is 0 Å². The Morgan fingerprint density at radius 2 is 1.40 bits per heavy atom. The van der Waals surface area contributed by atoms with Crippen molar-refractivity contribution in [1.82, 2.24) is 0 Å². The summed E-state index contributed by atoms with van der Waals surface area (Å²) in [6, 6.07) is 0. The predicted octanol–water partition coefficient (Wildman–Crippen LogP) is 3.05. The third kappa shape index (κ3) is 14.7. The molecule has 0 saturated carbocycles. The Morgan fingerprint density at radius 3 is 1.87 bits per heavy atom. The first kappa shape index (κ1) is 15.7. The third-order valence-corrected chi connectivity index (χ3v) is 8.76. The van der Waals surface area contributed by atoms with E-state index in [0.29, 0.717) is 0 Å². The van der Waals surface area contributed by atoms with Gasteiger partial charge in [0.05, 0.1) is 0 Å². The van der Waals surface area contributed by atoms with Crippen LogP contribution < -0.4 is 0 Å². The molecule has 0 saturated heterocycles. The zero-order valence-electron chi connectivity index (χ0n) is 9.54. The van der Waals surface area contributed by atoms with Crippen LogP contribution >= 0.6 is 0 Å². The van der Waals surface area contributed by atoms with Gasteiger partial charge in [0.1, 0.15) is 0 Å². The van der Waals surface area contributed by atoms with Gasteiger partial charge in [-0.2, -0.15) is 0 Å². The summed E-state index contributed by atoms with van der Waals surface area (Å²) in [4.78, 5) is 0. The van der Waals surface area contributed by atoms with Crippen molar-refractivity contribution in [3.63, 3.8) is 0 Å². The predicted molar refractivity (Wildman–Crippen MR) is 64.7 cm³/mol. The Kier molecular flexibility index (Phi) is 10.4. The molecule has 0 atom stereocenters. The molecule has 0 aromatic heterocycles. The second-order valence-electron chi connectivity index (χ2n) is 3.84. The number of unbranched alkanes of at least 4 members (excludes halogenated alkanes) is 7. The van der Waals surface area contributed by atoms with Crippen molar-refractivity contribution in [2.75, 3.05) is 0 Å². The second-order valence-corrected chi connectivity index (χ2v) is 13.4. The molecule has 0 aromatic rings. The molecule has 0 heterocycles. The molecule has 0 bridgehead atoms. The molecule has 0 rings (SSSR count). The molecule has 5 heteroatoms. The first-order valence-corrected chi connectivity index (χ1v) is 12.7. The molecule has 0 spiro atoms. The molecular formula is C10H22O3SSn. The SMILES string of the molecule is CCCCCCCCC[CH2][Sn][S](=O)(=O)O. The van der Waals surface area contributed by atoms with Crippen LogP contribution in [0.3, 0.4) is 0 Å². The van der Waals surface area contributed by atoms with E-state index in [1.54, 1.807) is 0 Å². The Labute approximate surface area is 102 Å². The van der Waals surface area contributed by atoms with Crippen molar-refractivity contribution in [3.05, 3.63) is 0 Å². The Bertz CT molecular complexity index is 227. The Morgan fingerprint density at radius 1 is 0.933 bits per heavy atom. The van der Waals surface area contributed by atoms with E-state index >= 15 is 0 Å². The van der Waals surface area contributed by atoms with E-state index in [-0.39, 0.29) is 0 Å². The maximum atomic E-state index is 10.5. The van der Waals surface area contributed by atoms with Gasteiger partial charge in [-0.25, -0.2) is 0 Å². The molecule has 0 aliphatic carbocycles. The summed E-state index contributed by atoms with van der Waals surface area (Å²) >= 11 is -1.54. The summed E-state index contributed by atoms with van der Waals surface area (Å²) < 4.78 is 30.3. The fourth-order valence-corrected chi connectivity index (χ4v) is 6.02. The fourth-order valence-electron chi connectivity index (χ4n) is 1.46. The van der Waals surface area contributed by atoms with Gasteiger partial charge in [0.15, 0.2) is 0 Å². The van der Waals surface area contributed by atoms with Gasteiger partial charge < -0.3 is 0 Å². The maximum absolute atomic E-state index is 10.5. The molecule has 2 radical (unpaired) electrons. The van der Waals surface area contributed by atoms with Crippen molar-refractivity contribution in [1.29, 1.82) is 0 Å². The molecule has 90 valence electrons. The summed E-state index contributed by atoms with van der Waals surface area (Å²) in [5.41, 5.74) is 0. The second kappa shape index (κ2) is 9.90. The molecule has 1 N–H and O–H groups in total. The average molecular weight is 341 g/mol. The van der Waals surface area contributed by atoms with Crippen LogP contribution in [-0.2, 0) is 7.30 Å². The topological polar surface area (TPSA) is 54.4 Å². The van der Waals surface area contributed by atoms with Crippen LogP contribution in [-0.4, -0.2) is 32.7 Å². The number of hydrogen-bond donors (Lipinski definition) is 1. The van der Waals surface area contributed by atoms with Crippen LogP contribution in [0.15, 0.2) is 0 Å². The zero-order chi connectivity index (χ0) is 11.6. The van der Waals surface area contributed by atoms with Crippen molar-refractivity contribution < 1.29 is 13.0 Å². The van der Waals surface area contributed by atoms with E-state index in [1.807, 2.05) is 0 Å². The van der Waals surface area contributed by atoms with E-state index in [9.17, 15) is 8.42 Å². The van der Waals surface area contributed by atoms with Gasteiger partial charge in [0.25, 0.3) is 0 Å². The summed E-state index contributed by atoms with van der Waals surface area (Å²) in [5.74, 6) is 0. The minimum absolute atomic E-state index is 0.761. The molecule has 15 heavy (non-hydrogen) atoms. The molecule has 3 nitrogen and oxygen atoms in total. The number of hydrogen-bond acceptors (Lipinski definition) is 2. The Hall–Kier alpha value is 0.709. The van der Waals surface area contributed by atoms with Crippen LogP contribution in [0.5, 0.6) is 0 Å². The molecule has 0 aliphatic heterocycles. The molecule has 0 unspecified atom stereocenters. The molecule has 0 fully saturated rings. The standard InChI is InChI=1S/C10H21.HO3S.Sn/c1-3-5-7-9-10-8-6-4-2;1-4(2)3;/h1,3-10H2,2H3;(H,1,2,3);. The van der Waals surface area contributed by atoms with E-state index in [4.69, 9.17) is 4.55 Å². The van der Waals surface area contributed by atoms with Crippen LogP contribution in [0.4, 0.5) is 0 Å².